The minimum atomic E-state index is -0.502. The summed E-state index contributed by atoms with van der Waals surface area (Å²) in [4.78, 5) is 0. The third-order valence-electron chi connectivity index (χ3n) is 31.6. The summed E-state index contributed by atoms with van der Waals surface area (Å²) < 4.78 is 18.9. The normalized spacial score (nSPS) is 15.1. The van der Waals surface area contributed by atoms with Crippen molar-refractivity contribution in [3.8, 4) is 33.4 Å². The molecule has 3 aliphatic rings. The van der Waals surface area contributed by atoms with Gasteiger partial charge in [-0.3, -0.25) is 0 Å². The van der Waals surface area contributed by atoms with Crippen molar-refractivity contribution < 1.29 is 9.31 Å². The standard InChI is InChI=1S/C63H62Br2.C38H47BO2.C31H27Br2I/c1-11-12-13-14-15-38-16-20-43(21-17-38)63(56-36-48(64)24-26-50(56)51-27-25-49(65)37-57(51)63)44-22-18-39(19-23-44)40-28-41-29-45(60(2,3)4)34-54-55-35-47(62(8,9)10)31-42-30-46(61(5,6)7)33-53(59(42)55)52(32-40)58(41)54;1-34(2,3)24-14-22-15-25(35(4,5)6)20-30-31-21-27(39-40-37(10,11)38(12,13)41-39)17-23-16-26(36(7,8)9)19-29(33(23)31)28(18-24)32(22)30;1-2-3-4-5-6-21-7-9-22(10-8-21)31(23-11-15-26(34)16-12-23)29-19-24(32)13-17-27(29)28-18-14-25(33)20-30(28)31/h16-37H,11-15H2,1-10H3;14-21H,1-13H3;7-20H,2-6H2,1H3. The molecule has 18 aromatic carbocycles. The number of aryl methyl sites for hydroxylation is 2. The summed E-state index contributed by atoms with van der Waals surface area (Å²) in [7, 11) is -0.409. The van der Waals surface area contributed by atoms with Gasteiger partial charge in [0.15, 0.2) is 0 Å². The van der Waals surface area contributed by atoms with Crippen LogP contribution in [-0.4, -0.2) is 18.3 Å². The van der Waals surface area contributed by atoms with Gasteiger partial charge in [0.25, 0.3) is 0 Å². The average Bonchev–Trinajstić information content (AvgIpc) is 1.25. The third-order valence-corrected chi connectivity index (χ3v) is 34.3. The van der Waals surface area contributed by atoms with Gasteiger partial charge in [-0.05, 0) is 432 Å². The molecule has 18 aromatic rings. The van der Waals surface area contributed by atoms with Gasteiger partial charge in [0.1, 0.15) is 0 Å². The molecular weight excluding hydrogens is 2070 g/mol. The van der Waals surface area contributed by atoms with Gasteiger partial charge < -0.3 is 9.31 Å². The van der Waals surface area contributed by atoms with Crippen LogP contribution in [0.15, 0.2) is 285 Å². The van der Waals surface area contributed by atoms with Crippen molar-refractivity contribution in [1.82, 2.24) is 0 Å². The number of halogens is 5. The van der Waals surface area contributed by atoms with Crippen LogP contribution in [-0.2, 0) is 65.5 Å². The lowest BCUT2D eigenvalue weighted by atomic mass is 9.67. The predicted molar refractivity (Wildman–Crippen MR) is 629 cm³/mol. The summed E-state index contributed by atoms with van der Waals surface area (Å²) in [5.74, 6) is 0. The molecule has 8 heteroatoms. The molecule has 0 spiro atoms. The molecule has 2 aliphatic carbocycles. The molecule has 0 bridgehead atoms. The van der Waals surface area contributed by atoms with Gasteiger partial charge in [-0.15, -0.1) is 0 Å². The van der Waals surface area contributed by atoms with Gasteiger partial charge in [-0.1, -0.05) is 398 Å². The molecule has 1 heterocycles. The highest BCUT2D eigenvalue weighted by atomic mass is 127. The van der Waals surface area contributed by atoms with Gasteiger partial charge in [0.2, 0.25) is 0 Å². The minimum Gasteiger partial charge on any atom is -0.399 e. The van der Waals surface area contributed by atoms with Crippen LogP contribution < -0.4 is 5.46 Å². The molecule has 0 aromatic heterocycles. The Morgan fingerprint density at radius 2 is 0.521 bits per heavy atom. The first-order valence-electron chi connectivity index (χ1n) is 51.2. The smallest absolute Gasteiger partial charge is 0.399 e. The first kappa shape index (κ1) is 99.9. The van der Waals surface area contributed by atoms with Crippen LogP contribution in [0.4, 0.5) is 0 Å². The van der Waals surface area contributed by atoms with Crippen LogP contribution in [0.3, 0.4) is 0 Å². The predicted octanol–water partition coefficient (Wildman–Crippen LogP) is 39.5. The molecule has 714 valence electrons. The van der Waals surface area contributed by atoms with Crippen molar-refractivity contribution in [2.24, 2.45) is 0 Å². The Hall–Kier alpha value is -8.81. The fourth-order valence-electron chi connectivity index (χ4n) is 22.7. The number of unbranched alkanes of at least 4 members (excludes halogenated alkanes) is 6. The van der Waals surface area contributed by atoms with E-state index >= 15 is 0 Å². The zero-order valence-electron chi connectivity index (χ0n) is 86.8. The second kappa shape index (κ2) is 37.0. The molecule has 0 unspecified atom stereocenters. The van der Waals surface area contributed by atoms with E-state index in [2.05, 4.69) is 519 Å². The highest BCUT2D eigenvalue weighted by Gasteiger charge is 2.53. The Balaban J connectivity index is 0.000000143. The van der Waals surface area contributed by atoms with E-state index in [0.717, 1.165) is 36.2 Å². The zero-order valence-corrected chi connectivity index (χ0v) is 95.3. The molecule has 2 nitrogen and oxygen atoms in total. The average molecular weight is 2210 g/mol. The topological polar surface area (TPSA) is 18.5 Å². The monoisotopic (exact) mass is 2210 g/mol. The molecule has 0 atom stereocenters. The highest BCUT2D eigenvalue weighted by molar-refractivity contribution is 14.1. The van der Waals surface area contributed by atoms with Gasteiger partial charge in [-0.25, -0.2) is 0 Å². The maximum atomic E-state index is 6.60. The fourth-order valence-corrected chi connectivity index (χ4v) is 24.6. The lowest BCUT2D eigenvalue weighted by Crippen LogP contribution is -2.41. The number of hydrogen-bond acceptors (Lipinski definition) is 2. The first-order chi connectivity index (χ1) is 66.1. The number of rotatable bonds is 16. The number of fused-ring (bicyclic) bond motifs is 10. The van der Waals surface area contributed by atoms with E-state index in [1.807, 2.05) is 0 Å². The van der Waals surface area contributed by atoms with E-state index in [1.165, 1.54) is 264 Å². The van der Waals surface area contributed by atoms with Crippen LogP contribution in [0.2, 0.25) is 0 Å². The molecule has 0 amide bonds. The van der Waals surface area contributed by atoms with Crippen molar-refractivity contribution in [2.45, 2.75) is 285 Å². The highest BCUT2D eigenvalue weighted by Crippen LogP contribution is 2.61. The lowest BCUT2D eigenvalue weighted by Gasteiger charge is -2.34. The summed E-state index contributed by atoms with van der Waals surface area (Å²) in [6, 6.07) is 104. The Kier molecular flexibility index (Phi) is 26.4. The van der Waals surface area contributed by atoms with Gasteiger partial charge in [-0.2, -0.15) is 0 Å². The quantitative estimate of drug-likeness (QED) is 0.0316. The van der Waals surface area contributed by atoms with Gasteiger partial charge >= 0.3 is 7.12 Å². The summed E-state index contributed by atoms with van der Waals surface area (Å²) in [5.41, 5.74) is 28.8. The molecular formula is C132H136BBr4IO2. The van der Waals surface area contributed by atoms with Crippen molar-refractivity contribution in [1.29, 1.82) is 0 Å². The molecule has 0 radical (unpaired) electrons. The Labute approximate surface area is 881 Å². The van der Waals surface area contributed by atoms with Gasteiger partial charge in [0, 0.05) is 21.5 Å². The van der Waals surface area contributed by atoms with Crippen LogP contribution in [0.5, 0.6) is 0 Å². The van der Waals surface area contributed by atoms with Crippen molar-refractivity contribution in [3.63, 3.8) is 0 Å². The zero-order chi connectivity index (χ0) is 99.6. The van der Waals surface area contributed by atoms with Gasteiger partial charge in [0.05, 0.1) is 22.0 Å². The largest absolute Gasteiger partial charge is 0.494 e. The molecule has 1 aliphatic heterocycles. The molecule has 1 fully saturated rings. The Morgan fingerprint density at radius 1 is 0.264 bits per heavy atom. The van der Waals surface area contributed by atoms with E-state index in [9.17, 15) is 0 Å². The van der Waals surface area contributed by atoms with Crippen molar-refractivity contribution in [2.75, 3.05) is 0 Å². The number of benzene rings is 18. The van der Waals surface area contributed by atoms with E-state index < -0.39 is 23.7 Å². The number of hydrogen-bond donors (Lipinski definition) is 0. The molecule has 0 N–H and O–H groups in total. The summed E-state index contributed by atoms with van der Waals surface area (Å²) >= 11 is 17.8. The Morgan fingerprint density at radius 3 is 0.807 bits per heavy atom. The van der Waals surface area contributed by atoms with Crippen LogP contribution in [0, 0.1) is 3.57 Å². The molecule has 0 saturated carbocycles. The van der Waals surface area contributed by atoms with E-state index in [-0.39, 0.29) is 37.9 Å². The summed E-state index contributed by atoms with van der Waals surface area (Å²) in [5, 5.41) is 21.4. The SMILES string of the molecule is CC(C)(C)c1cc2cc(B3OC(C)(C)C(C)(C)O3)cc3c4cc(C(C)(C)C)cc5cc(C(C)(C)C)cc(c(c1)c23)c54.CCCCCCc1ccc(C2(c3ccc(-c4cc5cc(C(C)(C)C)cc6c7cc(C(C)(C)C)cc8cc(C(C)(C)C)cc(c(c4)c56)c87)cc3)c3cc(Br)ccc3-c3ccc(Br)cc32)cc1.CCCCCCc1ccc(C2(c3ccc(I)cc3)c3cc(Br)ccc3-c3ccc(Br)cc32)cc1. The maximum Gasteiger partial charge on any atom is 0.494 e. The first-order valence-corrected chi connectivity index (χ1v) is 55.5. The fraction of sp³-hybridized carbons (Fsp3) is 0.333. The minimum absolute atomic E-state index is 0.000914. The third kappa shape index (κ3) is 18.1. The van der Waals surface area contributed by atoms with E-state index in [0.29, 0.717) is 0 Å². The summed E-state index contributed by atoms with van der Waals surface area (Å²) in [6.45, 7) is 55.1. The molecule has 140 heavy (non-hydrogen) atoms. The Bertz CT molecular complexity index is 7720. The molecule has 1 saturated heterocycles. The summed E-state index contributed by atoms with van der Waals surface area (Å²) in [6.07, 6.45) is 12.5. The van der Waals surface area contributed by atoms with E-state index in [4.69, 9.17) is 9.31 Å². The second-order valence-electron chi connectivity index (χ2n) is 48.1. The van der Waals surface area contributed by atoms with Crippen molar-refractivity contribution in [3.05, 3.63) is 377 Å². The van der Waals surface area contributed by atoms with Crippen LogP contribution in [0.25, 0.3) is 120 Å². The lowest BCUT2D eigenvalue weighted by molar-refractivity contribution is 0.00578. The maximum absolute atomic E-state index is 6.60. The van der Waals surface area contributed by atoms with Crippen LogP contribution >= 0.6 is 86.3 Å². The second-order valence-corrected chi connectivity index (χ2v) is 53.0. The van der Waals surface area contributed by atoms with Crippen molar-refractivity contribution >= 4 is 185 Å². The van der Waals surface area contributed by atoms with Crippen LogP contribution in [0.1, 0.15) is 307 Å². The molecule has 21 rings (SSSR count). The van der Waals surface area contributed by atoms with E-state index in [1.54, 1.807) is 0 Å².